The predicted octanol–water partition coefficient (Wildman–Crippen LogP) is 2.69. The van der Waals surface area contributed by atoms with E-state index in [0.29, 0.717) is 11.5 Å². The van der Waals surface area contributed by atoms with Gasteiger partial charge in [0.05, 0.1) is 24.8 Å². The van der Waals surface area contributed by atoms with Gasteiger partial charge < -0.3 is 14.6 Å². The van der Waals surface area contributed by atoms with Gasteiger partial charge in [-0.25, -0.2) is 4.98 Å². The van der Waals surface area contributed by atoms with E-state index in [1.54, 1.807) is 0 Å². The minimum atomic E-state index is 0.161. The van der Waals surface area contributed by atoms with Gasteiger partial charge in [0.1, 0.15) is 6.10 Å². The van der Waals surface area contributed by atoms with Crippen LogP contribution in [0, 0.1) is 5.41 Å². The van der Waals surface area contributed by atoms with Crippen molar-refractivity contribution >= 4 is 0 Å². The van der Waals surface area contributed by atoms with E-state index in [0.717, 1.165) is 19.7 Å². The molecule has 0 bridgehead atoms. The summed E-state index contributed by atoms with van der Waals surface area (Å²) in [7, 11) is 0. The molecule has 106 valence electrons. The molecule has 4 nitrogen and oxygen atoms in total. The number of ether oxygens (including phenoxy) is 1. The van der Waals surface area contributed by atoms with E-state index in [2.05, 4.69) is 28.7 Å². The second-order valence-corrected chi connectivity index (χ2v) is 6.54. The van der Waals surface area contributed by atoms with E-state index in [9.17, 15) is 0 Å². The van der Waals surface area contributed by atoms with Crippen LogP contribution in [0.1, 0.15) is 57.4 Å². The lowest BCUT2D eigenvalue weighted by molar-refractivity contribution is 0.0182. The molecule has 0 aromatic carbocycles. The number of hydrogen-bond donors (Lipinski definition) is 1. The van der Waals surface area contributed by atoms with E-state index >= 15 is 0 Å². The lowest BCUT2D eigenvalue weighted by atomic mass is 9.73. The van der Waals surface area contributed by atoms with Crippen LogP contribution in [0.3, 0.4) is 0 Å². The number of nitrogens with zero attached hydrogens (tertiary/aromatic N) is 2. The van der Waals surface area contributed by atoms with Crippen molar-refractivity contribution in [3.63, 3.8) is 0 Å². The molecule has 2 aliphatic rings. The Morgan fingerprint density at radius 1 is 1.42 bits per heavy atom. The first-order valence-electron chi connectivity index (χ1n) is 7.52. The van der Waals surface area contributed by atoms with Crippen molar-refractivity contribution in [2.45, 2.75) is 51.7 Å². The molecule has 19 heavy (non-hydrogen) atoms. The Bertz CT molecular complexity index is 421. The van der Waals surface area contributed by atoms with Crippen LogP contribution in [0.25, 0.3) is 0 Å². The average molecular weight is 263 g/mol. The van der Waals surface area contributed by atoms with Crippen LogP contribution < -0.4 is 5.32 Å². The largest absolute Gasteiger partial charge is 0.369 e. The average Bonchev–Trinajstić information content (AvgIpc) is 2.88. The fraction of sp³-hybridized carbons (Fsp3) is 0.800. The third-order valence-electron chi connectivity index (χ3n) is 4.74. The van der Waals surface area contributed by atoms with Gasteiger partial charge in [0.2, 0.25) is 0 Å². The Morgan fingerprint density at radius 2 is 2.32 bits per heavy atom. The smallest absolute Gasteiger partial charge is 0.111 e. The van der Waals surface area contributed by atoms with Crippen molar-refractivity contribution < 1.29 is 4.74 Å². The predicted molar refractivity (Wildman–Crippen MR) is 75.1 cm³/mol. The van der Waals surface area contributed by atoms with E-state index in [1.165, 1.54) is 31.4 Å². The van der Waals surface area contributed by atoms with Crippen LogP contribution in [0.4, 0.5) is 0 Å². The summed E-state index contributed by atoms with van der Waals surface area (Å²) in [5, 5.41) is 3.41. The topological polar surface area (TPSA) is 39.1 Å². The van der Waals surface area contributed by atoms with E-state index in [1.807, 2.05) is 12.5 Å². The Kier molecular flexibility index (Phi) is 3.63. The summed E-state index contributed by atoms with van der Waals surface area (Å²) < 4.78 is 8.28. The Balaban J connectivity index is 1.86. The molecule has 2 atom stereocenters. The second-order valence-electron chi connectivity index (χ2n) is 6.54. The van der Waals surface area contributed by atoms with Crippen molar-refractivity contribution in [3.05, 3.63) is 18.2 Å². The van der Waals surface area contributed by atoms with Crippen molar-refractivity contribution in [3.8, 4) is 0 Å². The zero-order valence-corrected chi connectivity index (χ0v) is 12.1. The highest BCUT2D eigenvalue weighted by molar-refractivity contribution is 5.08. The maximum atomic E-state index is 5.90. The van der Waals surface area contributed by atoms with E-state index in [4.69, 9.17) is 4.74 Å². The van der Waals surface area contributed by atoms with Gasteiger partial charge >= 0.3 is 0 Å². The Labute approximate surface area is 115 Å². The third-order valence-corrected chi connectivity index (χ3v) is 4.74. The maximum absolute atomic E-state index is 5.90. The second kappa shape index (κ2) is 5.25. The molecule has 2 unspecified atom stereocenters. The molecule has 1 aromatic rings. The molecule has 1 saturated heterocycles. The van der Waals surface area contributed by atoms with Gasteiger partial charge in [-0.2, -0.15) is 0 Å². The molecule has 0 amide bonds. The number of aromatic nitrogens is 2. The quantitative estimate of drug-likeness (QED) is 0.891. The zero-order valence-electron chi connectivity index (χ0n) is 12.1. The van der Waals surface area contributed by atoms with Gasteiger partial charge in [-0.05, 0) is 18.3 Å². The summed E-state index contributed by atoms with van der Waals surface area (Å²) in [6, 6.07) is 0.560. The highest BCUT2D eigenvalue weighted by Gasteiger charge is 2.35. The molecule has 4 heteroatoms. The van der Waals surface area contributed by atoms with Gasteiger partial charge in [-0.3, -0.25) is 0 Å². The minimum Gasteiger partial charge on any atom is -0.369 e. The van der Waals surface area contributed by atoms with Crippen LogP contribution in [0.5, 0.6) is 0 Å². The van der Waals surface area contributed by atoms with Gasteiger partial charge in [-0.15, -0.1) is 0 Å². The summed E-state index contributed by atoms with van der Waals surface area (Å²) in [5.41, 5.74) is 1.60. The normalized spacial score (nSPS) is 31.3. The van der Waals surface area contributed by atoms with Crippen LogP contribution >= 0.6 is 0 Å². The highest BCUT2D eigenvalue weighted by atomic mass is 16.5. The monoisotopic (exact) mass is 263 g/mol. The molecular formula is C15H25N3O. The summed E-state index contributed by atoms with van der Waals surface area (Å²) in [6.07, 6.45) is 9.40. The van der Waals surface area contributed by atoms with Crippen LogP contribution in [0.15, 0.2) is 12.5 Å². The third kappa shape index (κ3) is 2.56. The molecule has 0 spiro atoms. The number of nitrogens with one attached hydrogen (secondary N) is 1. The van der Waals surface area contributed by atoms with E-state index < -0.39 is 0 Å². The van der Waals surface area contributed by atoms with Crippen molar-refractivity contribution in [2.75, 3.05) is 19.7 Å². The number of rotatable bonds is 2. The molecule has 1 aromatic heterocycles. The van der Waals surface area contributed by atoms with E-state index in [-0.39, 0.29) is 6.10 Å². The molecular weight excluding hydrogens is 238 g/mol. The first kappa shape index (κ1) is 13.1. The lowest BCUT2D eigenvalue weighted by Crippen LogP contribution is -2.36. The number of morpholine rings is 1. The summed E-state index contributed by atoms with van der Waals surface area (Å²) in [4.78, 5) is 4.39. The SMILES string of the molecule is CC1(C)CCCCC1n1cncc1C1CNCCO1. The van der Waals surface area contributed by atoms with Gasteiger partial charge in [0, 0.05) is 19.1 Å². The van der Waals surface area contributed by atoms with Crippen LogP contribution in [-0.4, -0.2) is 29.2 Å². The van der Waals surface area contributed by atoms with Crippen molar-refractivity contribution in [2.24, 2.45) is 5.41 Å². The molecule has 1 aliphatic heterocycles. The van der Waals surface area contributed by atoms with Crippen molar-refractivity contribution in [1.29, 1.82) is 0 Å². The van der Waals surface area contributed by atoms with Crippen molar-refractivity contribution in [1.82, 2.24) is 14.9 Å². The zero-order chi connectivity index (χ0) is 13.3. The standard InChI is InChI=1S/C15H25N3O/c1-15(2)6-4-3-5-14(15)18-11-17-9-12(18)13-10-16-7-8-19-13/h9,11,13-14,16H,3-8,10H2,1-2H3. The summed E-state index contributed by atoms with van der Waals surface area (Å²) in [5.74, 6) is 0. The lowest BCUT2D eigenvalue weighted by Gasteiger charge is -2.41. The minimum absolute atomic E-state index is 0.161. The van der Waals surface area contributed by atoms with Crippen LogP contribution in [0.2, 0.25) is 0 Å². The molecule has 3 rings (SSSR count). The molecule has 0 radical (unpaired) electrons. The number of imidazole rings is 1. The molecule has 1 saturated carbocycles. The number of hydrogen-bond acceptors (Lipinski definition) is 3. The molecule has 2 fully saturated rings. The van der Waals surface area contributed by atoms with Crippen LogP contribution in [-0.2, 0) is 4.74 Å². The molecule has 1 aliphatic carbocycles. The summed E-state index contributed by atoms with van der Waals surface area (Å²) in [6.45, 7) is 7.43. The van der Waals surface area contributed by atoms with Gasteiger partial charge in [-0.1, -0.05) is 26.7 Å². The summed E-state index contributed by atoms with van der Waals surface area (Å²) >= 11 is 0. The van der Waals surface area contributed by atoms with Gasteiger partial charge in [0.25, 0.3) is 0 Å². The molecule has 1 N–H and O–H groups in total. The maximum Gasteiger partial charge on any atom is 0.111 e. The molecule has 2 heterocycles. The highest BCUT2D eigenvalue weighted by Crippen LogP contribution is 2.44. The first-order chi connectivity index (χ1) is 9.18. The Morgan fingerprint density at radius 3 is 3.05 bits per heavy atom. The Hall–Kier alpha value is -0.870. The fourth-order valence-electron chi connectivity index (χ4n) is 3.57. The van der Waals surface area contributed by atoms with Gasteiger partial charge in [0.15, 0.2) is 0 Å². The first-order valence-corrected chi connectivity index (χ1v) is 7.52. The fourth-order valence-corrected chi connectivity index (χ4v) is 3.57.